The van der Waals surface area contributed by atoms with Gasteiger partial charge >= 0.3 is 5.69 Å². The lowest BCUT2D eigenvalue weighted by atomic mass is 10.1. The second-order valence-electron chi connectivity index (χ2n) is 4.75. The van der Waals surface area contributed by atoms with E-state index in [1.54, 1.807) is 0 Å². The van der Waals surface area contributed by atoms with Gasteiger partial charge in [-0.05, 0) is 24.5 Å². The van der Waals surface area contributed by atoms with Crippen molar-refractivity contribution in [1.82, 2.24) is 4.31 Å². The van der Waals surface area contributed by atoms with Gasteiger partial charge in [0.15, 0.2) is 4.90 Å². The van der Waals surface area contributed by atoms with E-state index in [1.165, 1.54) is 18.2 Å². The van der Waals surface area contributed by atoms with Crippen LogP contribution in [0.3, 0.4) is 0 Å². The molecule has 1 heterocycles. The van der Waals surface area contributed by atoms with Crippen LogP contribution >= 0.6 is 0 Å². The summed E-state index contributed by atoms with van der Waals surface area (Å²) < 4.78 is 26.3. The summed E-state index contributed by atoms with van der Waals surface area (Å²) in [6, 6.07) is 3.90. The Kier molecular flexibility index (Phi) is 4.42. The van der Waals surface area contributed by atoms with Crippen molar-refractivity contribution < 1.29 is 18.4 Å². The van der Waals surface area contributed by atoms with E-state index in [9.17, 15) is 18.5 Å². The Labute approximate surface area is 121 Å². The van der Waals surface area contributed by atoms with Crippen molar-refractivity contribution in [2.45, 2.75) is 11.3 Å². The van der Waals surface area contributed by atoms with Gasteiger partial charge in [-0.2, -0.15) is 4.31 Å². The number of hydrogen-bond donors (Lipinski definition) is 3. The molecule has 116 valence electrons. The zero-order valence-corrected chi connectivity index (χ0v) is 11.9. The van der Waals surface area contributed by atoms with Gasteiger partial charge in [-0.25, -0.2) is 8.42 Å². The van der Waals surface area contributed by atoms with E-state index in [1.807, 2.05) is 0 Å². The van der Waals surface area contributed by atoms with Crippen LogP contribution in [0.25, 0.3) is 0 Å². The summed E-state index contributed by atoms with van der Waals surface area (Å²) in [6.07, 6.45) is 0.526. The summed E-state index contributed by atoms with van der Waals surface area (Å²) in [6.45, 7) is 0.264. The van der Waals surface area contributed by atoms with E-state index in [0.29, 0.717) is 6.42 Å². The Hall–Kier alpha value is -1.75. The molecule has 1 aliphatic heterocycles. The maximum atomic E-state index is 12.6. The number of nitro groups is 1. The number of benzene rings is 1. The molecule has 0 radical (unpaired) electrons. The topological polar surface area (TPSA) is 139 Å². The fourth-order valence-corrected chi connectivity index (χ4v) is 4.05. The lowest BCUT2D eigenvalue weighted by Crippen LogP contribution is -2.30. The first-order valence-corrected chi connectivity index (χ1v) is 7.70. The molecule has 2 rings (SSSR count). The zero-order valence-electron chi connectivity index (χ0n) is 11.1. The average molecular weight is 316 g/mol. The number of para-hydroxylation sites is 1. The van der Waals surface area contributed by atoms with Gasteiger partial charge in [0.2, 0.25) is 10.0 Å². The van der Waals surface area contributed by atoms with Crippen molar-refractivity contribution in [2.75, 3.05) is 25.1 Å². The van der Waals surface area contributed by atoms with Gasteiger partial charge in [0.25, 0.3) is 0 Å². The van der Waals surface area contributed by atoms with Gasteiger partial charge in [0.1, 0.15) is 5.69 Å². The number of nitro benzene ring substituents is 1. The number of nitrogens with two attached hydrogens (primary N) is 1. The highest BCUT2D eigenvalue weighted by Gasteiger charge is 2.37. The lowest BCUT2D eigenvalue weighted by molar-refractivity contribution is -0.386. The molecular formula is C11H16N4O5S. The molecular weight excluding hydrogens is 300 g/mol. The van der Waals surface area contributed by atoms with E-state index < -0.39 is 25.5 Å². The SMILES string of the molecule is NNc1cccc(S(=O)(=O)N2CCC(CO)C2)c1[N+](=O)[O-]. The smallest absolute Gasteiger partial charge is 0.313 e. The molecule has 1 aliphatic rings. The molecule has 0 aliphatic carbocycles. The Morgan fingerprint density at radius 3 is 2.76 bits per heavy atom. The number of rotatable bonds is 5. The minimum absolute atomic E-state index is 0.0704. The third-order valence-electron chi connectivity index (χ3n) is 3.46. The number of aliphatic hydroxyl groups is 1. The van der Waals surface area contributed by atoms with Crippen LogP contribution in [0.15, 0.2) is 23.1 Å². The van der Waals surface area contributed by atoms with Gasteiger partial charge in [-0.3, -0.25) is 16.0 Å². The van der Waals surface area contributed by atoms with Crippen molar-refractivity contribution in [3.63, 3.8) is 0 Å². The lowest BCUT2D eigenvalue weighted by Gasteiger charge is -2.17. The predicted molar refractivity (Wildman–Crippen MR) is 74.9 cm³/mol. The summed E-state index contributed by atoms with van der Waals surface area (Å²) in [7, 11) is -4.00. The van der Waals surface area contributed by atoms with Crippen molar-refractivity contribution in [3.05, 3.63) is 28.3 Å². The van der Waals surface area contributed by atoms with Crippen LogP contribution in [0.1, 0.15) is 6.42 Å². The minimum Gasteiger partial charge on any atom is -0.396 e. The van der Waals surface area contributed by atoms with E-state index in [-0.39, 0.29) is 31.3 Å². The summed E-state index contributed by atoms with van der Waals surface area (Å²) in [5.74, 6) is 5.06. The Balaban J connectivity index is 2.48. The molecule has 10 heteroatoms. The number of anilines is 1. The first-order valence-electron chi connectivity index (χ1n) is 6.26. The highest BCUT2D eigenvalue weighted by Crippen LogP contribution is 2.34. The number of nitrogen functional groups attached to an aromatic ring is 1. The molecule has 1 fully saturated rings. The average Bonchev–Trinajstić information content (AvgIpc) is 2.95. The van der Waals surface area contributed by atoms with Crippen LogP contribution in [-0.2, 0) is 10.0 Å². The van der Waals surface area contributed by atoms with Crippen LogP contribution in [0.5, 0.6) is 0 Å². The van der Waals surface area contributed by atoms with Crippen molar-refractivity contribution in [2.24, 2.45) is 11.8 Å². The largest absolute Gasteiger partial charge is 0.396 e. The van der Waals surface area contributed by atoms with Crippen molar-refractivity contribution in [1.29, 1.82) is 0 Å². The first kappa shape index (κ1) is 15.6. The monoisotopic (exact) mass is 316 g/mol. The maximum Gasteiger partial charge on any atom is 0.313 e. The van der Waals surface area contributed by atoms with E-state index in [0.717, 1.165) is 4.31 Å². The number of aliphatic hydroxyl groups excluding tert-OH is 1. The fourth-order valence-electron chi connectivity index (χ4n) is 2.34. The number of sulfonamides is 1. The third-order valence-corrected chi connectivity index (χ3v) is 5.36. The molecule has 1 aromatic carbocycles. The molecule has 1 unspecified atom stereocenters. The molecule has 0 saturated carbocycles. The molecule has 21 heavy (non-hydrogen) atoms. The normalized spacial score (nSPS) is 19.6. The van der Waals surface area contributed by atoms with Gasteiger partial charge in [0.05, 0.1) is 4.92 Å². The van der Waals surface area contributed by atoms with Gasteiger partial charge in [-0.1, -0.05) is 6.07 Å². The summed E-state index contributed by atoms with van der Waals surface area (Å²) in [5.41, 5.74) is 1.49. The van der Waals surface area contributed by atoms with Gasteiger partial charge in [-0.15, -0.1) is 0 Å². The summed E-state index contributed by atoms with van der Waals surface area (Å²) in [5, 5.41) is 20.3. The van der Waals surface area contributed by atoms with Crippen LogP contribution in [-0.4, -0.2) is 42.4 Å². The Bertz CT molecular complexity index is 648. The maximum absolute atomic E-state index is 12.6. The quantitative estimate of drug-likeness (QED) is 0.391. The number of hydrogen-bond acceptors (Lipinski definition) is 7. The Morgan fingerprint density at radius 1 is 1.52 bits per heavy atom. The Morgan fingerprint density at radius 2 is 2.24 bits per heavy atom. The fraction of sp³-hybridized carbons (Fsp3) is 0.455. The van der Waals surface area contributed by atoms with Crippen LogP contribution in [0.4, 0.5) is 11.4 Å². The zero-order chi connectivity index (χ0) is 15.6. The molecule has 0 bridgehead atoms. The van der Waals surface area contributed by atoms with Crippen LogP contribution in [0, 0.1) is 16.0 Å². The molecule has 0 spiro atoms. The third kappa shape index (κ3) is 2.83. The second kappa shape index (κ2) is 5.93. The number of nitrogens with one attached hydrogen (secondary N) is 1. The first-order chi connectivity index (χ1) is 9.91. The molecule has 4 N–H and O–H groups in total. The molecule has 1 aromatic rings. The standard InChI is InChI=1S/C11H16N4O5S/c12-13-9-2-1-3-10(11(9)15(17)18)21(19,20)14-5-4-8(6-14)7-16/h1-3,8,13,16H,4-7,12H2. The molecule has 0 aromatic heterocycles. The van der Waals surface area contributed by atoms with Gasteiger partial charge in [0, 0.05) is 19.7 Å². The summed E-state index contributed by atoms with van der Waals surface area (Å²) >= 11 is 0. The van der Waals surface area contributed by atoms with Crippen LogP contribution in [0.2, 0.25) is 0 Å². The predicted octanol–water partition coefficient (Wildman–Crippen LogP) is -0.117. The van der Waals surface area contributed by atoms with Crippen LogP contribution < -0.4 is 11.3 Å². The van der Waals surface area contributed by atoms with E-state index in [4.69, 9.17) is 10.9 Å². The van der Waals surface area contributed by atoms with Crippen molar-refractivity contribution >= 4 is 21.4 Å². The highest BCUT2D eigenvalue weighted by molar-refractivity contribution is 7.89. The van der Waals surface area contributed by atoms with E-state index >= 15 is 0 Å². The molecule has 1 atom stereocenters. The minimum atomic E-state index is -4.00. The summed E-state index contributed by atoms with van der Waals surface area (Å²) in [4.78, 5) is 9.99. The van der Waals surface area contributed by atoms with Crippen molar-refractivity contribution in [3.8, 4) is 0 Å². The molecule has 1 saturated heterocycles. The highest BCUT2D eigenvalue weighted by atomic mass is 32.2. The number of hydrazine groups is 1. The second-order valence-corrected chi connectivity index (χ2v) is 6.66. The molecule has 0 amide bonds. The molecule has 9 nitrogen and oxygen atoms in total. The number of nitrogens with zero attached hydrogens (tertiary/aromatic N) is 2. The van der Waals surface area contributed by atoms with Gasteiger partial charge < -0.3 is 10.5 Å². The van der Waals surface area contributed by atoms with E-state index in [2.05, 4.69) is 5.43 Å².